The topological polar surface area (TPSA) is 60.8 Å². The van der Waals surface area contributed by atoms with E-state index in [9.17, 15) is 14.3 Å². The quantitative estimate of drug-likeness (QED) is 0.795. The van der Waals surface area contributed by atoms with Gasteiger partial charge in [-0.1, -0.05) is 0 Å². The average Bonchev–Trinajstić information content (AvgIpc) is 2.28. The monoisotopic (exact) mass is 241 g/mol. The summed E-state index contributed by atoms with van der Waals surface area (Å²) in [6.07, 6.45) is -0.675. The predicted molar refractivity (Wildman–Crippen MR) is 61.1 cm³/mol. The molecule has 0 radical (unpaired) electrons. The lowest BCUT2D eigenvalue weighted by Gasteiger charge is -2.23. The summed E-state index contributed by atoms with van der Waals surface area (Å²) in [6.45, 7) is 1.65. The molecule has 1 aromatic carbocycles. The number of aliphatic hydroxyl groups excluding tert-OH is 2. The number of carbonyl (C=O) groups is 1. The van der Waals surface area contributed by atoms with Crippen LogP contribution in [0.5, 0.6) is 0 Å². The van der Waals surface area contributed by atoms with Crippen molar-refractivity contribution in [1.29, 1.82) is 0 Å². The Morgan fingerprint density at radius 2 is 2.00 bits per heavy atom. The smallest absolute Gasteiger partial charge is 0.254 e. The number of hydrogen-bond donors (Lipinski definition) is 2. The van der Waals surface area contributed by atoms with E-state index in [-0.39, 0.29) is 25.6 Å². The van der Waals surface area contributed by atoms with Gasteiger partial charge in [0.15, 0.2) is 0 Å². The second-order valence-corrected chi connectivity index (χ2v) is 3.83. The summed E-state index contributed by atoms with van der Waals surface area (Å²) in [7, 11) is 0. The summed E-state index contributed by atoms with van der Waals surface area (Å²) in [6, 6.07) is 5.16. The fraction of sp³-hybridized carbons (Fsp3) is 0.417. The third kappa shape index (κ3) is 4.13. The van der Waals surface area contributed by atoms with Gasteiger partial charge in [-0.25, -0.2) is 4.39 Å². The highest BCUT2D eigenvalue weighted by atomic mass is 19.1. The van der Waals surface area contributed by atoms with Crippen LogP contribution in [0.15, 0.2) is 24.3 Å². The minimum Gasteiger partial charge on any atom is -0.395 e. The molecule has 1 aromatic rings. The maximum atomic E-state index is 12.7. The zero-order valence-electron chi connectivity index (χ0n) is 9.64. The van der Waals surface area contributed by atoms with Crippen molar-refractivity contribution in [1.82, 2.24) is 4.90 Å². The molecule has 2 N–H and O–H groups in total. The molecule has 0 spiro atoms. The van der Waals surface area contributed by atoms with Crippen LogP contribution in [0.25, 0.3) is 0 Å². The molecule has 1 rings (SSSR count). The van der Waals surface area contributed by atoms with E-state index in [2.05, 4.69) is 0 Å². The van der Waals surface area contributed by atoms with E-state index in [1.807, 2.05) is 0 Å². The number of aliphatic hydroxyl groups is 2. The van der Waals surface area contributed by atoms with Crippen molar-refractivity contribution in [2.75, 3.05) is 19.7 Å². The standard InChI is InChI=1S/C12H16FNO3/c1-9(16)8-14(6-7-15)12(17)10-2-4-11(13)5-3-10/h2-5,9,15-16H,6-8H2,1H3. The third-order valence-corrected chi connectivity index (χ3v) is 2.23. The van der Waals surface area contributed by atoms with Crippen molar-refractivity contribution in [2.24, 2.45) is 0 Å². The Balaban J connectivity index is 2.79. The molecule has 5 heteroatoms. The van der Waals surface area contributed by atoms with Crippen LogP contribution in [-0.2, 0) is 0 Å². The van der Waals surface area contributed by atoms with Gasteiger partial charge in [-0.15, -0.1) is 0 Å². The zero-order chi connectivity index (χ0) is 12.8. The van der Waals surface area contributed by atoms with E-state index in [1.165, 1.54) is 29.2 Å². The number of amides is 1. The summed E-state index contributed by atoms with van der Waals surface area (Å²) < 4.78 is 12.7. The van der Waals surface area contributed by atoms with Gasteiger partial charge in [0.25, 0.3) is 5.91 Å². The molecular formula is C12H16FNO3. The van der Waals surface area contributed by atoms with Crippen LogP contribution < -0.4 is 0 Å². The normalized spacial score (nSPS) is 12.2. The average molecular weight is 241 g/mol. The van der Waals surface area contributed by atoms with Gasteiger partial charge in [-0.05, 0) is 31.2 Å². The molecule has 0 aromatic heterocycles. The Labute approximate surface area is 99.3 Å². The van der Waals surface area contributed by atoms with Gasteiger partial charge < -0.3 is 15.1 Å². The minimum absolute atomic E-state index is 0.136. The summed E-state index contributed by atoms with van der Waals surface area (Å²) in [5, 5.41) is 18.1. The highest BCUT2D eigenvalue weighted by Crippen LogP contribution is 2.07. The zero-order valence-corrected chi connectivity index (χ0v) is 9.64. The van der Waals surface area contributed by atoms with Gasteiger partial charge in [0.2, 0.25) is 0 Å². The number of benzene rings is 1. The van der Waals surface area contributed by atoms with Gasteiger partial charge in [0.05, 0.1) is 12.7 Å². The first-order valence-electron chi connectivity index (χ1n) is 5.38. The molecule has 0 fully saturated rings. The molecule has 1 unspecified atom stereocenters. The van der Waals surface area contributed by atoms with Crippen LogP contribution >= 0.6 is 0 Å². The Morgan fingerprint density at radius 1 is 1.41 bits per heavy atom. The highest BCUT2D eigenvalue weighted by Gasteiger charge is 2.16. The van der Waals surface area contributed by atoms with E-state index in [4.69, 9.17) is 5.11 Å². The number of halogens is 1. The Hall–Kier alpha value is -1.46. The van der Waals surface area contributed by atoms with Crippen LogP contribution in [0.4, 0.5) is 4.39 Å². The lowest BCUT2D eigenvalue weighted by molar-refractivity contribution is 0.0605. The van der Waals surface area contributed by atoms with E-state index in [0.717, 1.165) is 0 Å². The van der Waals surface area contributed by atoms with E-state index < -0.39 is 11.9 Å². The number of carbonyl (C=O) groups excluding carboxylic acids is 1. The molecule has 94 valence electrons. The van der Waals surface area contributed by atoms with E-state index in [0.29, 0.717) is 5.56 Å². The van der Waals surface area contributed by atoms with Crippen LogP contribution in [0, 0.1) is 5.82 Å². The molecule has 0 bridgehead atoms. The Bertz CT molecular complexity index is 365. The maximum Gasteiger partial charge on any atom is 0.254 e. The van der Waals surface area contributed by atoms with Crippen LogP contribution in [-0.4, -0.2) is 46.8 Å². The van der Waals surface area contributed by atoms with Gasteiger partial charge in [0.1, 0.15) is 5.82 Å². The van der Waals surface area contributed by atoms with Gasteiger partial charge >= 0.3 is 0 Å². The molecule has 0 saturated heterocycles. The summed E-state index contributed by atoms with van der Waals surface area (Å²) in [4.78, 5) is 13.3. The van der Waals surface area contributed by atoms with Crippen molar-refractivity contribution >= 4 is 5.91 Å². The molecular weight excluding hydrogens is 225 g/mol. The molecule has 1 atom stereocenters. The van der Waals surface area contributed by atoms with Crippen molar-refractivity contribution in [2.45, 2.75) is 13.0 Å². The molecule has 0 heterocycles. The summed E-state index contributed by atoms with van der Waals surface area (Å²) in [5.74, 6) is -0.745. The largest absolute Gasteiger partial charge is 0.395 e. The van der Waals surface area contributed by atoms with Gasteiger partial charge in [-0.3, -0.25) is 4.79 Å². The highest BCUT2D eigenvalue weighted by molar-refractivity contribution is 5.94. The lowest BCUT2D eigenvalue weighted by Crippen LogP contribution is -2.38. The molecule has 17 heavy (non-hydrogen) atoms. The SMILES string of the molecule is CC(O)CN(CCO)C(=O)c1ccc(F)cc1. The van der Waals surface area contributed by atoms with Crippen molar-refractivity contribution < 1.29 is 19.4 Å². The first-order chi connectivity index (χ1) is 8.04. The fourth-order valence-electron chi connectivity index (χ4n) is 1.49. The van der Waals surface area contributed by atoms with Crippen molar-refractivity contribution in [3.8, 4) is 0 Å². The van der Waals surface area contributed by atoms with Gasteiger partial charge in [-0.2, -0.15) is 0 Å². The number of rotatable bonds is 5. The molecule has 0 saturated carbocycles. The minimum atomic E-state index is -0.675. The van der Waals surface area contributed by atoms with Crippen molar-refractivity contribution in [3.63, 3.8) is 0 Å². The molecule has 0 aliphatic rings. The molecule has 4 nitrogen and oxygen atoms in total. The Morgan fingerprint density at radius 3 is 2.47 bits per heavy atom. The van der Waals surface area contributed by atoms with E-state index in [1.54, 1.807) is 6.92 Å². The van der Waals surface area contributed by atoms with Gasteiger partial charge in [0, 0.05) is 18.7 Å². The molecule has 0 aliphatic carbocycles. The van der Waals surface area contributed by atoms with E-state index >= 15 is 0 Å². The maximum absolute atomic E-state index is 12.7. The third-order valence-electron chi connectivity index (χ3n) is 2.23. The molecule has 0 aliphatic heterocycles. The van der Waals surface area contributed by atoms with Crippen LogP contribution in [0.3, 0.4) is 0 Å². The number of nitrogens with zero attached hydrogens (tertiary/aromatic N) is 1. The van der Waals surface area contributed by atoms with Crippen LogP contribution in [0.1, 0.15) is 17.3 Å². The second-order valence-electron chi connectivity index (χ2n) is 3.83. The summed E-state index contributed by atoms with van der Waals surface area (Å²) >= 11 is 0. The summed E-state index contributed by atoms with van der Waals surface area (Å²) in [5.41, 5.74) is 0.334. The molecule has 1 amide bonds. The fourth-order valence-corrected chi connectivity index (χ4v) is 1.49. The Kier molecular flexibility index (Phi) is 5.06. The first kappa shape index (κ1) is 13.6. The predicted octanol–water partition coefficient (Wildman–Crippen LogP) is 0.641. The van der Waals surface area contributed by atoms with Crippen molar-refractivity contribution in [3.05, 3.63) is 35.6 Å². The number of hydrogen-bond acceptors (Lipinski definition) is 3. The first-order valence-corrected chi connectivity index (χ1v) is 5.38. The second kappa shape index (κ2) is 6.32. The lowest BCUT2D eigenvalue weighted by atomic mass is 10.2. The van der Waals surface area contributed by atoms with Crippen LogP contribution in [0.2, 0.25) is 0 Å².